The van der Waals surface area contributed by atoms with Crippen LogP contribution in [0.1, 0.15) is 6.92 Å². The molecule has 6 nitrogen and oxygen atoms in total. The van der Waals surface area contributed by atoms with E-state index >= 15 is 0 Å². The van der Waals surface area contributed by atoms with Crippen molar-refractivity contribution in [1.29, 1.82) is 0 Å². The van der Waals surface area contributed by atoms with Crippen LogP contribution >= 0.6 is 0 Å². The number of phenolic OH excluding ortho intramolecular Hbond substituents is 1. The van der Waals surface area contributed by atoms with Gasteiger partial charge in [0.15, 0.2) is 6.29 Å². The highest BCUT2D eigenvalue weighted by Gasteiger charge is 2.20. The van der Waals surface area contributed by atoms with Crippen LogP contribution in [0.2, 0.25) is 0 Å². The van der Waals surface area contributed by atoms with Gasteiger partial charge in [0, 0.05) is 0 Å². The summed E-state index contributed by atoms with van der Waals surface area (Å²) in [6.07, 6.45) is -1.44. The molecule has 0 aliphatic heterocycles. The van der Waals surface area contributed by atoms with Crippen molar-refractivity contribution in [3.63, 3.8) is 0 Å². The molecular formula is C8H13NO5S. The van der Waals surface area contributed by atoms with Crippen molar-refractivity contribution in [2.45, 2.75) is 18.1 Å². The summed E-state index contributed by atoms with van der Waals surface area (Å²) in [5, 5.41) is 18.0. The predicted molar refractivity (Wildman–Crippen MR) is 53.1 cm³/mol. The predicted octanol–water partition coefficient (Wildman–Crippen LogP) is 0.598. The SMILES string of the molecule is CC(O)OS(=O)(=O)c1ccccc1O.N. The van der Waals surface area contributed by atoms with E-state index in [4.69, 9.17) is 5.11 Å². The third-order valence-electron chi connectivity index (χ3n) is 1.40. The zero-order chi connectivity index (χ0) is 10.8. The molecular weight excluding hydrogens is 222 g/mol. The second-order valence-electron chi connectivity index (χ2n) is 2.62. The number of phenols is 1. The zero-order valence-electron chi connectivity index (χ0n) is 8.12. The Morgan fingerprint density at radius 3 is 2.33 bits per heavy atom. The van der Waals surface area contributed by atoms with Crippen LogP contribution < -0.4 is 6.15 Å². The average molecular weight is 235 g/mol. The Bertz CT molecular complexity index is 415. The molecule has 0 saturated heterocycles. The number of aliphatic hydroxyl groups is 1. The lowest BCUT2D eigenvalue weighted by atomic mass is 10.3. The summed E-state index contributed by atoms with van der Waals surface area (Å²) >= 11 is 0. The van der Waals surface area contributed by atoms with E-state index in [-0.39, 0.29) is 11.0 Å². The maximum absolute atomic E-state index is 11.3. The fraction of sp³-hybridized carbons (Fsp3) is 0.250. The highest BCUT2D eigenvalue weighted by atomic mass is 32.2. The van der Waals surface area contributed by atoms with Crippen molar-refractivity contribution in [1.82, 2.24) is 6.15 Å². The van der Waals surface area contributed by atoms with Gasteiger partial charge in [-0.2, -0.15) is 8.42 Å². The topological polar surface area (TPSA) is 119 Å². The highest BCUT2D eigenvalue weighted by molar-refractivity contribution is 7.86. The number of hydrogen-bond donors (Lipinski definition) is 3. The molecule has 7 heteroatoms. The minimum Gasteiger partial charge on any atom is -0.506 e. The molecule has 0 spiro atoms. The summed E-state index contributed by atoms with van der Waals surface area (Å²) in [4.78, 5) is -0.360. The van der Waals surface area contributed by atoms with Crippen molar-refractivity contribution in [2.75, 3.05) is 0 Å². The molecule has 0 fully saturated rings. The van der Waals surface area contributed by atoms with Crippen molar-refractivity contribution in [3.05, 3.63) is 24.3 Å². The van der Waals surface area contributed by atoms with Gasteiger partial charge in [0.2, 0.25) is 0 Å². The molecule has 0 aliphatic rings. The normalized spacial score (nSPS) is 12.9. The van der Waals surface area contributed by atoms with Gasteiger partial charge in [0.25, 0.3) is 0 Å². The van der Waals surface area contributed by atoms with Crippen LogP contribution in [0, 0.1) is 0 Å². The maximum atomic E-state index is 11.3. The Labute approximate surface area is 87.8 Å². The molecule has 0 saturated carbocycles. The number of para-hydroxylation sites is 1. The lowest BCUT2D eigenvalue weighted by Gasteiger charge is -2.08. The fourth-order valence-corrected chi connectivity index (χ4v) is 1.94. The fourth-order valence-electron chi connectivity index (χ4n) is 0.904. The molecule has 1 unspecified atom stereocenters. The molecule has 0 bridgehead atoms. The number of benzene rings is 1. The third kappa shape index (κ3) is 3.48. The average Bonchev–Trinajstić information content (AvgIpc) is 2.02. The molecule has 86 valence electrons. The van der Waals surface area contributed by atoms with Crippen molar-refractivity contribution >= 4 is 10.1 Å². The first-order chi connectivity index (χ1) is 6.43. The molecule has 1 aromatic rings. The minimum absolute atomic E-state index is 0. The van der Waals surface area contributed by atoms with Crippen LogP contribution in [0.4, 0.5) is 0 Å². The highest BCUT2D eigenvalue weighted by Crippen LogP contribution is 2.23. The van der Waals surface area contributed by atoms with Crippen LogP contribution in [0.15, 0.2) is 29.2 Å². The smallest absolute Gasteiger partial charge is 0.303 e. The summed E-state index contributed by atoms with van der Waals surface area (Å²) in [6.45, 7) is 1.16. The Morgan fingerprint density at radius 2 is 1.87 bits per heavy atom. The van der Waals surface area contributed by atoms with Gasteiger partial charge in [-0.25, -0.2) is 4.18 Å². The largest absolute Gasteiger partial charge is 0.506 e. The summed E-state index contributed by atoms with van der Waals surface area (Å²) < 4.78 is 26.9. The molecule has 1 atom stereocenters. The lowest BCUT2D eigenvalue weighted by molar-refractivity contribution is 0.00531. The van der Waals surface area contributed by atoms with E-state index in [9.17, 15) is 13.5 Å². The van der Waals surface area contributed by atoms with Gasteiger partial charge in [-0.1, -0.05) is 12.1 Å². The van der Waals surface area contributed by atoms with Gasteiger partial charge in [0.1, 0.15) is 10.6 Å². The van der Waals surface area contributed by atoms with Gasteiger partial charge in [-0.3, -0.25) is 0 Å². The number of rotatable bonds is 3. The van der Waals surface area contributed by atoms with Crippen molar-refractivity contribution in [2.24, 2.45) is 0 Å². The van der Waals surface area contributed by atoms with E-state index in [2.05, 4.69) is 4.18 Å². The summed E-state index contributed by atoms with van der Waals surface area (Å²) in [7, 11) is -4.09. The molecule has 0 amide bonds. The first-order valence-electron chi connectivity index (χ1n) is 3.83. The van der Waals surface area contributed by atoms with Gasteiger partial charge in [-0.05, 0) is 19.1 Å². The lowest BCUT2D eigenvalue weighted by Crippen LogP contribution is -2.14. The molecule has 1 rings (SSSR count). The monoisotopic (exact) mass is 235 g/mol. The Hall–Kier alpha value is -1.15. The van der Waals surface area contributed by atoms with Crippen LogP contribution in [-0.2, 0) is 14.3 Å². The van der Waals surface area contributed by atoms with Crippen LogP contribution in [0.5, 0.6) is 5.75 Å². The van der Waals surface area contributed by atoms with E-state index < -0.39 is 22.2 Å². The van der Waals surface area contributed by atoms with Gasteiger partial charge < -0.3 is 16.4 Å². The summed E-state index contributed by atoms with van der Waals surface area (Å²) in [6, 6.07) is 5.33. The van der Waals surface area contributed by atoms with Crippen molar-refractivity contribution in [3.8, 4) is 5.75 Å². The summed E-state index contributed by atoms with van der Waals surface area (Å²) in [5.41, 5.74) is 0. The number of hydrogen-bond acceptors (Lipinski definition) is 6. The van der Waals surface area contributed by atoms with Crippen LogP contribution in [0.25, 0.3) is 0 Å². The first kappa shape index (κ1) is 13.8. The Kier molecular flexibility index (Phi) is 4.69. The molecule has 5 N–H and O–H groups in total. The van der Waals surface area contributed by atoms with Gasteiger partial charge >= 0.3 is 10.1 Å². The van der Waals surface area contributed by atoms with E-state index in [1.165, 1.54) is 24.3 Å². The van der Waals surface area contributed by atoms with Gasteiger partial charge in [0.05, 0.1) is 0 Å². The van der Waals surface area contributed by atoms with E-state index in [0.29, 0.717) is 0 Å². The second kappa shape index (κ2) is 5.08. The quantitative estimate of drug-likeness (QED) is 0.521. The van der Waals surface area contributed by atoms with Crippen LogP contribution in [-0.4, -0.2) is 24.9 Å². The summed E-state index contributed by atoms with van der Waals surface area (Å²) in [5.74, 6) is -0.409. The molecule has 0 aliphatic carbocycles. The maximum Gasteiger partial charge on any atom is 0.303 e. The number of aliphatic hydroxyl groups excluding tert-OH is 1. The van der Waals surface area contributed by atoms with E-state index in [1.54, 1.807) is 0 Å². The molecule has 0 aromatic heterocycles. The third-order valence-corrected chi connectivity index (χ3v) is 2.82. The zero-order valence-corrected chi connectivity index (χ0v) is 8.94. The van der Waals surface area contributed by atoms with Gasteiger partial charge in [-0.15, -0.1) is 0 Å². The standard InChI is InChI=1S/C8H10O5S.H3N/c1-6(9)13-14(11,12)8-5-3-2-4-7(8)10;/h2-6,9-10H,1H3;1H3. The molecule has 0 heterocycles. The molecule has 1 aromatic carbocycles. The Morgan fingerprint density at radius 1 is 1.33 bits per heavy atom. The minimum atomic E-state index is -4.09. The van der Waals surface area contributed by atoms with E-state index in [0.717, 1.165) is 6.92 Å². The molecule has 15 heavy (non-hydrogen) atoms. The number of aromatic hydroxyl groups is 1. The Balaban J connectivity index is 0.00000196. The van der Waals surface area contributed by atoms with Crippen LogP contribution in [0.3, 0.4) is 0 Å². The first-order valence-corrected chi connectivity index (χ1v) is 5.23. The molecule has 0 radical (unpaired) electrons. The second-order valence-corrected chi connectivity index (χ2v) is 4.16. The van der Waals surface area contributed by atoms with Crippen molar-refractivity contribution < 1.29 is 22.8 Å². The van der Waals surface area contributed by atoms with E-state index in [1.807, 2.05) is 0 Å².